The van der Waals surface area contributed by atoms with Gasteiger partial charge in [-0.3, -0.25) is 9.59 Å². The summed E-state index contributed by atoms with van der Waals surface area (Å²) >= 11 is 0. The van der Waals surface area contributed by atoms with E-state index in [1.807, 2.05) is 0 Å². The third kappa shape index (κ3) is 4.97. The fraction of sp³-hybridized carbons (Fsp3) is 0.333. The molecule has 0 radical (unpaired) electrons. The highest BCUT2D eigenvalue weighted by atomic mass is 16.5. The highest BCUT2D eigenvalue weighted by molar-refractivity contribution is 5.96. The average Bonchev–Trinajstić information content (AvgIpc) is 3.30. The van der Waals surface area contributed by atoms with E-state index in [0.717, 1.165) is 5.56 Å². The number of rotatable bonds is 6. The van der Waals surface area contributed by atoms with E-state index in [9.17, 15) is 9.59 Å². The van der Waals surface area contributed by atoms with Gasteiger partial charge in [0.05, 0.1) is 19.9 Å². The zero-order valence-electron chi connectivity index (χ0n) is 18.8. The minimum atomic E-state index is -0.176. The molecule has 2 heterocycles. The van der Waals surface area contributed by atoms with E-state index in [4.69, 9.17) is 14.0 Å². The summed E-state index contributed by atoms with van der Waals surface area (Å²) in [5, 5.41) is 6.83. The average molecular weight is 450 g/mol. The maximum Gasteiger partial charge on any atom is 0.253 e. The molecule has 1 aromatic heterocycles. The monoisotopic (exact) mass is 450 g/mol. The number of methoxy groups -OCH3 is 2. The molecule has 1 aliphatic heterocycles. The van der Waals surface area contributed by atoms with Crippen molar-refractivity contribution >= 4 is 17.5 Å². The molecule has 0 bridgehead atoms. The summed E-state index contributed by atoms with van der Waals surface area (Å²) in [6.45, 7) is 2.76. The van der Waals surface area contributed by atoms with Crippen LogP contribution in [0.4, 0.5) is 5.69 Å². The normalized spacial score (nSPS) is 14.1. The zero-order valence-corrected chi connectivity index (χ0v) is 18.8. The van der Waals surface area contributed by atoms with Crippen molar-refractivity contribution in [3.05, 3.63) is 53.9 Å². The van der Waals surface area contributed by atoms with Crippen LogP contribution in [0.2, 0.25) is 0 Å². The van der Waals surface area contributed by atoms with Gasteiger partial charge in [0.15, 0.2) is 0 Å². The lowest BCUT2D eigenvalue weighted by Gasteiger charge is -2.31. The standard InChI is InChI=1S/C24H26N4O5/c1-15-25-22(27-33-15)16-4-6-18(7-5-16)24(30)28-12-10-17(11-13-28)23(29)26-20-9-8-19(31-2)14-21(20)32-3/h4-9,14,17H,10-13H2,1-3H3,(H,26,29). The first-order valence-electron chi connectivity index (χ1n) is 10.7. The Balaban J connectivity index is 1.33. The Morgan fingerprint density at radius 2 is 1.79 bits per heavy atom. The number of nitrogens with one attached hydrogen (secondary N) is 1. The largest absolute Gasteiger partial charge is 0.497 e. The number of likely N-dealkylation sites (tertiary alicyclic amines) is 1. The number of benzene rings is 2. The summed E-state index contributed by atoms with van der Waals surface area (Å²) in [6.07, 6.45) is 1.19. The van der Waals surface area contributed by atoms with Crippen molar-refractivity contribution in [3.63, 3.8) is 0 Å². The molecule has 3 aromatic rings. The van der Waals surface area contributed by atoms with Crippen LogP contribution in [0.25, 0.3) is 11.4 Å². The van der Waals surface area contributed by atoms with Crippen LogP contribution in [-0.4, -0.2) is 54.2 Å². The Morgan fingerprint density at radius 1 is 1.06 bits per heavy atom. The Morgan fingerprint density at radius 3 is 2.39 bits per heavy atom. The van der Waals surface area contributed by atoms with E-state index in [-0.39, 0.29) is 17.7 Å². The van der Waals surface area contributed by atoms with Crippen LogP contribution < -0.4 is 14.8 Å². The number of hydrogen-bond donors (Lipinski definition) is 1. The van der Waals surface area contributed by atoms with Crippen LogP contribution >= 0.6 is 0 Å². The second-order valence-corrected chi connectivity index (χ2v) is 7.84. The van der Waals surface area contributed by atoms with E-state index in [0.29, 0.717) is 60.4 Å². The highest BCUT2D eigenvalue weighted by Crippen LogP contribution is 2.30. The van der Waals surface area contributed by atoms with Gasteiger partial charge >= 0.3 is 0 Å². The fourth-order valence-electron chi connectivity index (χ4n) is 3.84. The smallest absolute Gasteiger partial charge is 0.253 e. The second kappa shape index (κ2) is 9.72. The molecule has 1 fully saturated rings. The predicted octanol–water partition coefficient (Wildman–Crippen LogP) is 3.55. The van der Waals surface area contributed by atoms with Gasteiger partial charge in [0, 0.05) is 43.1 Å². The quantitative estimate of drug-likeness (QED) is 0.612. The third-order valence-electron chi connectivity index (χ3n) is 5.74. The number of carbonyl (C=O) groups is 2. The molecule has 1 N–H and O–H groups in total. The van der Waals surface area contributed by atoms with Crippen LogP contribution in [-0.2, 0) is 4.79 Å². The molecular weight excluding hydrogens is 424 g/mol. The van der Waals surface area contributed by atoms with Gasteiger partial charge in [-0.25, -0.2) is 0 Å². The molecular formula is C24H26N4O5. The van der Waals surface area contributed by atoms with Gasteiger partial charge in [-0.2, -0.15) is 4.98 Å². The molecule has 2 amide bonds. The lowest BCUT2D eigenvalue weighted by Crippen LogP contribution is -2.41. The Bertz CT molecular complexity index is 1130. The lowest BCUT2D eigenvalue weighted by atomic mass is 9.95. The first-order chi connectivity index (χ1) is 16.0. The van der Waals surface area contributed by atoms with Crippen molar-refractivity contribution in [2.75, 3.05) is 32.6 Å². The molecule has 172 valence electrons. The van der Waals surface area contributed by atoms with Crippen LogP contribution in [0.5, 0.6) is 11.5 Å². The number of aromatic nitrogens is 2. The van der Waals surface area contributed by atoms with Crippen LogP contribution in [0.1, 0.15) is 29.1 Å². The maximum atomic E-state index is 12.9. The van der Waals surface area contributed by atoms with E-state index in [1.165, 1.54) is 0 Å². The number of piperidine rings is 1. The molecule has 0 unspecified atom stereocenters. The van der Waals surface area contributed by atoms with Gasteiger partial charge in [-0.1, -0.05) is 17.3 Å². The minimum absolute atomic E-state index is 0.0541. The van der Waals surface area contributed by atoms with Crippen molar-refractivity contribution in [3.8, 4) is 22.9 Å². The van der Waals surface area contributed by atoms with E-state index in [1.54, 1.807) is 68.5 Å². The first kappa shape index (κ1) is 22.3. The number of ether oxygens (including phenoxy) is 2. The summed E-state index contributed by atoms with van der Waals surface area (Å²) in [5.74, 6) is 1.86. The Kier molecular flexibility index (Phi) is 6.58. The molecule has 0 atom stereocenters. The number of nitrogens with zero attached hydrogens (tertiary/aromatic N) is 3. The number of carbonyl (C=O) groups excluding carboxylic acids is 2. The van der Waals surface area contributed by atoms with Gasteiger partial charge in [0.25, 0.3) is 5.91 Å². The fourth-order valence-corrected chi connectivity index (χ4v) is 3.84. The lowest BCUT2D eigenvalue weighted by molar-refractivity contribution is -0.121. The maximum absolute atomic E-state index is 12.9. The summed E-state index contributed by atoms with van der Waals surface area (Å²) in [5.41, 5.74) is 1.97. The summed E-state index contributed by atoms with van der Waals surface area (Å²) < 4.78 is 15.5. The highest BCUT2D eigenvalue weighted by Gasteiger charge is 2.28. The summed E-state index contributed by atoms with van der Waals surface area (Å²) in [4.78, 5) is 31.7. The number of hydrogen-bond acceptors (Lipinski definition) is 7. The topological polar surface area (TPSA) is 107 Å². The molecule has 1 aliphatic rings. The van der Waals surface area contributed by atoms with Gasteiger partial charge in [-0.05, 0) is 37.1 Å². The van der Waals surface area contributed by atoms with E-state index < -0.39 is 0 Å². The predicted molar refractivity (Wildman–Crippen MR) is 121 cm³/mol. The molecule has 2 aromatic carbocycles. The van der Waals surface area contributed by atoms with E-state index in [2.05, 4.69) is 15.5 Å². The summed E-state index contributed by atoms with van der Waals surface area (Å²) in [7, 11) is 3.12. The van der Waals surface area contributed by atoms with Crippen molar-refractivity contribution < 1.29 is 23.6 Å². The van der Waals surface area contributed by atoms with Crippen LogP contribution in [0, 0.1) is 12.8 Å². The minimum Gasteiger partial charge on any atom is -0.497 e. The molecule has 0 aliphatic carbocycles. The van der Waals surface area contributed by atoms with Gasteiger partial charge in [0.2, 0.25) is 17.6 Å². The van der Waals surface area contributed by atoms with Crippen LogP contribution in [0.3, 0.4) is 0 Å². The molecule has 0 spiro atoms. The third-order valence-corrected chi connectivity index (χ3v) is 5.74. The zero-order chi connectivity index (χ0) is 23.4. The van der Waals surface area contributed by atoms with Gasteiger partial charge in [-0.15, -0.1) is 0 Å². The van der Waals surface area contributed by atoms with Gasteiger partial charge < -0.3 is 24.2 Å². The SMILES string of the molecule is COc1ccc(NC(=O)C2CCN(C(=O)c3ccc(-c4noc(C)n4)cc3)CC2)c(OC)c1. The molecule has 0 saturated carbocycles. The second-order valence-electron chi connectivity index (χ2n) is 7.84. The van der Waals surface area contributed by atoms with E-state index >= 15 is 0 Å². The molecule has 9 nitrogen and oxygen atoms in total. The first-order valence-corrected chi connectivity index (χ1v) is 10.7. The van der Waals surface area contributed by atoms with Crippen molar-refractivity contribution in [1.29, 1.82) is 0 Å². The molecule has 1 saturated heterocycles. The number of anilines is 1. The van der Waals surface area contributed by atoms with Crippen LogP contribution in [0.15, 0.2) is 47.0 Å². The molecule has 4 rings (SSSR count). The number of amides is 2. The Hall–Kier alpha value is -3.88. The molecule has 33 heavy (non-hydrogen) atoms. The summed E-state index contributed by atoms with van der Waals surface area (Å²) in [6, 6.07) is 12.4. The van der Waals surface area contributed by atoms with Crippen molar-refractivity contribution in [2.24, 2.45) is 5.92 Å². The van der Waals surface area contributed by atoms with Crippen molar-refractivity contribution in [2.45, 2.75) is 19.8 Å². The Labute approximate surface area is 191 Å². The number of aryl methyl sites for hydroxylation is 1. The van der Waals surface area contributed by atoms with Gasteiger partial charge in [0.1, 0.15) is 11.5 Å². The molecule has 9 heteroatoms. The van der Waals surface area contributed by atoms with Crippen molar-refractivity contribution in [1.82, 2.24) is 15.0 Å².